The molecule has 0 N–H and O–H groups in total. The number of rotatable bonds is 0. The third kappa shape index (κ3) is 1.02. The summed E-state index contributed by atoms with van der Waals surface area (Å²) in [5.41, 5.74) is 0. The first kappa shape index (κ1) is 6.20. The summed E-state index contributed by atoms with van der Waals surface area (Å²) < 4.78 is 0. The van der Waals surface area contributed by atoms with Crippen molar-refractivity contribution < 1.29 is 0 Å². The molecule has 0 fully saturated rings. The van der Waals surface area contributed by atoms with Gasteiger partial charge in [0.1, 0.15) is 0 Å². The van der Waals surface area contributed by atoms with Crippen LogP contribution in [0.4, 0.5) is 0 Å². The molecular formula is C8H6P2. The van der Waals surface area contributed by atoms with Crippen molar-refractivity contribution in [1.82, 2.24) is 0 Å². The second-order valence-corrected chi connectivity index (χ2v) is 4.95. The fourth-order valence-corrected chi connectivity index (χ4v) is 3.66. The summed E-state index contributed by atoms with van der Waals surface area (Å²) in [7, 11) is 1.09. The van der Waals surface area contributed by atoms with Gasteiger partial charge in [-0.3, -0.25) is 0 Å². The molecule has 0 amide bonds. The van der Waals surface area contributed by atoms with Gasteiger partial charge in [-0.1, -0.05) is 23.4 Å². The van der Waals surface area contributed by atoms with E-state index in [4.69, 9.17) is 0 Å². The van der Waals surface area contributed by atoms with Crippen LogP contribution in [-0.4, -0.2) is 11.0 Å². The Hall–Kier alpha value is -0.530. The van der Waals surface area contributed by atoms with Gasteiger partial charge in [0.05, 0.1) is 0 Å². The van der Waals surface area contributed by atoms with Crippen molar-refractivity contribution in [1.29, 1.82) is 0 Å². The Bertz CT molecular complexity index is 355. The fraction of sp³-hybridized carbons (Fsp3) is 0. The zero-order valence-corrected chi connectivity index (χ0v) is 7.15. The van der Waals surface area contributed by atoms with Crippen LogP contribution < -0.4 is 0 Å². The van der Waals surface area contributed by atoms with Gasteiger partial charge in [0, 0.05) is 5.31 Å². The van der Waals surface area contributed by atoms with Crippen molar-refractivity contribution in [3.63, 3.8) is 0 Å². The van der Waals surface area contributed by atoms with Crippen LogP contribution in [0.25, 0.3) is 0 Å². The standard InChI is InChI=1S/C8H6P2/c1-2-6-10-7-9-5-4-8(10)3-1/h1-6H. The maximum atomic E-state index is 3.40. The number of hydrogen-bond acceptors (Lipinski definition) is 0. The van der Waals surface area contributed by atoms with Crippen LogP contribution in [0.5, 0.6) is 0 Å². The Morgan fingerprint density at radius 3 is 3.30 bits per heavy atom. The molecule has 0 spiro atoms. The number of allylic oxidation sites excluding steroid dienone is 5. The van der Waals surface area contributed by atoms with Gasteiger partial charge in [0.15, 0.2) is 0 Å². The zero-order valence-electron chi connectivity index (χ0n) is 5.36. The van der Waals surface area contributed by atoms with Crippen molar-refractivity contribution in [2.45, 2.75) is 0 Å². The molecule has 0 bridgehead atoms. The Morgan fingerprint density at radius 2 is 2.40 bits per heavy atom. The van der Waals surface area contributed by atoms with Crippen LogP contribution >= 0.6 is 15.4 Å². The molecule has 2 aliphatic heterocycles. The van der Waals surface area contributed by atoms with Crippen LogP contribution in [0.3, 0.4) is 0 Å². The summed E-state index contributed by atoms with van der Waals surface area (Å²) in [6.07, 6.45) is 8.56. The molecule has 48 valence electrons. The third-order valence-electron chi connectivity index (χ3n) is 1.38. The summed E-state index contributed by atoms with van der Waals surface area (Å²) in [4.78, 5) is 0. The molecule has 0 saturated carbocycles. The van der Waals surface area contributed by atoms with E-state index in [2.05, 4.69) is 41.1 Å². The van der Waals surface area contributed by atoms with Gasteiger partial charge < -0.3 is 0 Å². The van der Waals surface area contributed by atoms with Crippen LogP contribution in [-0.2, 0) is 0 Å². The fourth-order valence-electron chi connectivity index (χ4n) is 0.892. The molecule has 0 aromatic carbocycles. The van der Waals surface area contributed by atoms with Gasteiger partial charge in [-0.25, -0.2) is 0 Å². The molecular weight excluding hydrogens is 158 g/mol. The lowest BCUT2D eigenvalue weighted by molar-refractivity contribution is 1.88. The van der Waals surface area contributed by atoms with Gasteiger partial charge in [0.25, 0.3) is 0 Å². The first-order valence-electron chi connectivity index (χ1n) is 3.10. The summed E-state index contributed by atoms with van der Waals surface area (Å²) >= 11 is 0. The molecule has 2 rings (SSSR count). The Balaban J connectivity index is 2.76. The van der Waals surface area contributed by atoms with Crippen molar-refractivity contribution >= 4 is 26.3 Å². The SMILES string of the molecule is C1=PC=CC2=CC=CC=P=12. The summed E-state index contributed by atoms with van der Waals surface area (Å²) in [5.74, 6) is 4.37. The molecule has 0 radical (unpaired) electrons. The molecule has 0 aromatic rings. The summed E-state index contributed by atoms with van der Waals surface area (Å²) in [6, 6.07) is 0. The maximum absolute atomic E-state index is 3.40. The lowest BCUT2D eigenvalue weighted by Gasteiger charge is -1.99. The normalized spacial score (nSPS) is 24.4. The van der Waals surface area contributed by atoms with Gasteiger partial charge in [-0.15, -0.1) is 0 Å². The van der Waals surface area contributed by atoms with Gasteiger partial charge in [-0.05, 0) is 33.1 Å². The van der Waals surface area contributed by atoms with E-state index in [1.54, 1.807) is 0 Å². The van der Waals surface area contributed by atoms with Gasteiger partial charge in [0.2, 0.25) is 0 Å². The average Bonchev–Trinajstić information content (AvgIpc) is 2.05. The smallest absolute Gasteiger partial charge is 0.00582 e. The highest BCUT2D eigenvalue weighted by atomic mass is 31.1. The van der Waals surface area contributed by atoms with E-state index < -0.39 is 0 Å². The Kier molecular flexibility index (Phi) is 1.61. The minimum atomic E-state index is -0.146. The van der Waals surface area contributed by atoms with E-state index in [0.29, 0.717) is 0 Å². The monoisotopic (exact) mass is 164 g/mol. The molecule has 10 heavy (non-hydrogen) atoms. The highest BCUT2D eigenvalue weighted by molar-refractivity contribution is 7.69. The predicted octanol–water partition coefficient (Wildman–Crippen LogP) is 2.83. The summed E-state index contributed by atoms with van der Waals surface area (Å²) in [6.45, 7) is 0. The quantitative estimate of drug-likeness (QED) is 0.483. The minimum absolute atomic E-state index is 0.146. The lowest BCUT2D eigenvalue weighted by atomic mass is 10.4. The highest BCUT2D eigenvalue weighted by Gasteiger charge is 1.93. The van der Waals surface area contributed by atoms with Crippen molar-refractivity contribution in [2.24, 2.45) is 0 Å². The third-order valence-corrected chi connectivity index (χ3v) is 4.32. The van der Waals surface area contributed by atoms with Crippen molar-refractivity contribution in [3.8, 4) is 0 Å². The second kappa shape index (κ2) is 2.60. The topological polar surface area (TPSA) is 0 Å². The number of fused-ring (bicyclic) bond motifs is 1. The largest absolute Gasteiger partial charge is 0.0623 e. The van der Waals surface area contributed by atoms with E-state index in [-0.39, 0.29) is 7.17 Å². The molecule has 2 heterocycles. The van der Waals surface area contributed by atoms with E-state index >= 15 is 0 Å². The van der Waals surface area contributed by atoms with Crippen LogP contribution in [0.15, 0.2) is 35.4 Å². The van der Waals surface area contributed by atoms with Crippen LogP contribution in [0.1, 0.15) is 0 Å². The first-order chi connectivity index (χ1) is 4.97. The maximum Gasteiger partial charge on any atom is 0.00582 e. The first-order valence-corrected chi connectivity index (χ1v) is 5.47. The molecule has 0 aromatic heterocycles. The highest BCUT2D eigenvalue weighted by Crippen LogP contribution is 2.29. The van der Waals surface area contributed by atoms with Gasteiger partial charge in [-0.2, -0.15) is 0 Å². The Labute approximate surface area is 62.4 Å². The Morgan fingerprint density at radius 1 is 1.40 bits per heavy atom. The second-order valence-electron chi connectivity index (χ2n) is 2.04. The van der Waals surface area contributed by atoms with E-state index in [1.807, 2.05) is 0 Å². The van der Waals surface area contributed by atoms with Crippen molar-refractivity contribution in [3.05, 3.63) is 35.4 Å². The molecule has 0 aliphatic carbocycles. The molecule has 1 unspecified atom stereocenters. The minimum Gasteiger partial charge on any atom is -0.0623 e. The molecule has 2 aliphatic rings. The predicted molar refractivity (Wildman–Crippen MR) is 51.3 cm³/mol. The summed E-state index contributed by atoms with van der Waals surface area (Å²) in [5, 5.41) is 4.82. The van der Waals surface area contributed by atoms with Crippen molar-refractivity contribution in [2.75, 3.05) is 0 Å². The van der Waals surface area contributed by atoms with E-state index in [9.17, 15) is 0 Å². The average molecular weight is 164 g/mol. The molecule has 0 saturated heterocycles. The van der Waals surface area contributed by atoms with E-state index in [1.165, 1.54) is 13.5 Å². The van der Waals surface area contributed by atoms with Crippen LogP contribution in [0.2, 0.25) is 0 Å². The van der Waals surface area contributed by atoms with E-state index in [0.717, 1.165) is 0 Å². The molecule has 2 heteroatoms. The molecule has 0 nitrogen and oxygen atoms in total. The van der Waals surface area contributed by atoms with Crippen LogP contribution in [0, 0.1) is 0 Å². The van der Waals surface area contributed by atoms with Gasteiger partial charge >= 0.3 is 0 Å². The zero-order chi connectivity index (χ0) is 6.81. The molecule has 1 atom stereocenters. The number of hydrogen-bond donors (Lipinski definition) is 0. The lowest BCUT2D eigenvalue weighted by Crippen LogP contribution is -1.74.